The molecule has 0 spiro atoms. The second-order valence-electron chi connectivity index (χ2n) is 4.22. The van der Waals surface area contributed by atoms with Gasteiger partial charge in [-0.2, -0.15) is 11.8 Å². The smallest absolute Gasteiger partial charge is 0.243 e. The van der Waals surface area contributed by atoms with Crippen molar-refractivity contribution in [2.45, 2.75) is 24.9 Å². The van der Waals surface area contributed by atoms with E-state index in [-0.39, 0.29) is 18.6 Å². The monoisotopic (exact) mass is 320 g/mol. The van der Waals surface area contributed by atoms with Gasteiger partial charge in [0.1, 0.15) is 12.1 Å². The molecule has 0 rings (SSSR count). The minimum atomic E-state index is -1.44. The third kappa shape index (κ3) is 8.87. The molecule has 0 aliphatic carbocycles. The Morgan fingerprint density at radius 2 is 1.86 bits per heavy atom. The maximum absolute atomic E-state index is 11.7. The topological polar surface area (TPSA) is 166 Å². The SMILES string of the molecule is CSC[C@H](NC(=O)CC[C@H]([NH3+])C(=O)[O-])C(=O)NCC(=O)[O-]. The van der Waals surface area contributed by atoms with E-state index in [0.717, 1.165) is 0 Å². The number of hydrogen-bond donors (Lipinski definition) is 3. The van der Waals surface area contributed by atoms with Gasteiger partial charge in [-0.15, -0.1) is 0 Å². The highest BCUT2D eigenvalue weighted by molar-refractivity contribution is 7.98. The molecule has 2 amide bonds. The van der Waals surface area contributed by atoms with Crippen molar-refractivity contribution >= 4 is 35.5 Å². The minimum Gasteiger partial charge on any atom is -0.548 e. The Labute approximate surface area is 125 Å². The van der Waals surface area contributed by atoms with Crippen molar-refractivity contribution in [1.29, 1.82) is 0 Å². The molecule has 120 valence electrons. The van der Waals surface area contributed by atoms with Crippen LogP contribution in [0.3, 0.4) is 0 Å². The van der Waals surface area contributed by atoms with Crippen LogP contribution in [0.1, 0.15) is 12.8 Å². The molecule has 0 heterocycles. The minimum absolute atomic E-state index is 0.0131. The van der Waals surface area contributed by atoms with E-state index in [1.54, 1.807) is 6.26 Å². The first-order chi connectivity index (χ1) is 9.77. The van der Waals surface area contributed by atoms with Gasteiger partial charge in [-0.25, -0.2) is 0 Å². The maximum atomic E-state index is 11.7. The van der Waals surface area contributed by atoms with E-state index in [0.29, 0.717) is 0 Å². The Kier molecular flexibility index (Phi) is 9.13. The number of nitrogens with one attached hydrogen (secondary N) is 2. The zero-order chi connectivity index (χ0) is 16.4. The van der Waals surface area contributed by atoms with Crippen LogP contribution < -0.4 is 26.6 Å². The van der Waals surface area contributed by atoms with E-state index in [2.05, 4.69) is 16.4 Å². The lowest BCUT2D eigenvalue weighted by Gasteiger charge is -2.18. The number of carboxylic acid groups (broad SMARTS) is 2. The number of aliphatic carboxylic acids is 2. The van der Waals surface area contributed by atoms with Crippen LogP contribution in [-0.4, -0.2) is 54.4 Å². The van der Waals surface area contributed by atoms with Crippen LogP contribution >= 0.6 is 11.8 Å². The van der Waals surface area contributed by atoms with Crippen LogP contribution in [0, 0.1) is 0 Å². The Balaban J connectivity index is 4.35. The predicted octanol–water partition coefficient (Wildman–Crippen LogP) is -5.16. The quantitative estimate of drug-likeness (QED) is 0.362. The molecule has 0 aromatic heterocycles. The molecule has 21 heavy (non-hydrogen) atoms. The van der Waals surface area contributed by atoms with E-state index in [1.807, 2.05) is 0 Å². The number of carbonyl (C=O) groups excluding carboxylic acids is 4. The van der Waals surface area contributed by atoms with E-state index in [4.69, 9.17) is 0 Å². The Morgan fingerprint density at radius 3 is 2.33 bits per heavy atom. The summed E-state index contributed by atoms with van der Waals surface area (Å²) in [5.74, 6) is -3.71. The molecule has 2 atom stereocenters. The van der Waals surface area contributed by atoms with E-state index in [1.165, 1.54) is 11.8 Å². The summed E-state index contributed by atoms with van der Waals surface area (Å²) in [4.78, 5) is 44.0. The molecule has 0 radical (unpaired) electrons. The third-order valence-corrected chi connectivity index (χ3v) is 3.11. The summed E-state index contributed by atoms with van der Waals surface area (Å²) in [6.45, 7) is -0.648. The van der Waals surface area contributed by atoms with Crippen molar-refractivity contribution in [3.05, 3.63) is 0 Å². The lowest BCUT2D eigenvalue weighted by atomic mass is 10.1. The number of hydrogen-bond acceptors (Lipinski definition) is 7. The van der Waals surface area contributed by atoms with Crippen LogP contribution in [0.5, 0.6) is 0 Å². The van der Waals surface area contributed by atoms with Gasteiger partial charge in [-0.1, -0.05) is 0 Å². The van der Waals surface area contributed by atoms with Crippen molar-refractivity contribution in [2.75, 3.05) is 18.6 Å². The molecule has 5 N–H and O–H groups in total. The van der Waals surface area contributed by atoms with Crippen LogP contribution in [-0.2, 0) is 19.2 Å². The highest BCUT2D eigenvalue weighted by Gasteiger charge is 2.20. The van der Waals surface area contributed by atoms with Crippen LogP contribution in [0.25, 0.3) is 0 Å². The van der Waals surface area contributed by atoms with Crippen LogP contribution in [0.2, 0.25) is 0 Å². The van der Waals surface area contributed by atoms with Crippen LogP contribution in [0.4, 0.5) is 0 Å². The molecule has 0 aliphatic rings. The van der Waals surface area contributed by atoms with Gasteiger partial charge in [0, 0.05) is 18.6 Å². The van der Waals surface area contributed by atoms with Gasteiger partial charge in [-0.05, 0) is 6.26 Å². The molecular weight excluding hydrogens is 302 g/mol. The lowest BCUT2D eigenvalue weighted by Crippen LogP contribution is -2.68. The molecule has 0 unspecified atom stereocenters. The van der Waals surface area contributed by atoms with Crippen molar-refractivity contribution in [2.24, 2.45) is 0 Å². The molecule has 0 bridgehead atoms. The largest absolute Gasteiger partial charge is 0.548 e. The Bertz CT molecular complexity index is 403. The number of quaternary nitrogens is 1. The molecule has 0 aromatic rings. The first kappa shape index (κ1) is 19.2. The highest BCUT2D eigenvalue weighted by atomic mass is 32.2. The van der Waals surface area contributed by atoms with E-state index in [9.17, 15) is 29.4 Å². The zero-order valence-corrected chi connectivity index (χ0v) is 12.4. The van der Waals surface area contributed by atoms with E-state index >= 15 is 0 Å². The fraction of sp³-hybridized carbons (Fsp3) is 0.636. The van der Waals surface area contributed by atoms with Gasteiger partial charge in [-0.3, -0.25) is 9.59 Å². The first-order valence-electron chi connectivity index (χ1n) is 6.07. The molecule has 0 saturated heterocycles. The van der Waals surface area contributed by atoms with Crippen molar-refractivity contribution in [1.82, 2.24) is 10.6 Å². The fourth-order valence-electron chi connectivity index (χ4n) is 1.32. The van der Waals surface area contributed by atoms with Gasteiger partial charge in [0.15, 0.2) is 0 Å². The number of rotatable bonds is 10. The van der Waals surface area contributed by atoms with Gasteiger partial charge in [0.2, 0.25) is 11.8 Å². The maximum Gasteiger partial charge on any atom is 0.243 e. The summed E-state index contributed by atoms with van der Waals surface area (Å²) in [7, 11) is 0. The second-order valence-corrected chi connectivity index (χ2v) is 5.13. The van der Waals surface area contributed by atoms with Gasteiger partial charge >= 0.3 is 0 Å². The average Bonchev–Trinajstić information content (AvgIpc) is 2.41. The van der Waals surface area contributed by atoms with Gasteiger partial charge in [0.25, 0.3) is 0 Å². The van der Waals surface area contributed by atoms with Crippen molar-refractivity contribution in [3.8, 4) is 0 Å². The number of carboxylic acids is 2. The number of thioether (sulfide) groups is 1. The standard InChI is InChI=1S/C11H19N3O6S/c1-21-5-7(10(18)13-4-9(16)17)14-8(15)3-2-6(12)11(19)20/h6-7H,2-5,12H2,1H3,(H,13,18)(H,14,15)(H,16,17)(H,19,20)/p-1/t6-,7-/m0/s1. The fourth-order valence-corrected chi connectivity index (χ4v) is 1.89. The van der Waals surface area contributed by atoms with Gasteiger partial charge in [0.05, 0.1) is 18.5 Å². The van der Waals surface area contributed by atoms with Crippen molar-refractivity contribution in [3.63, 3.8) is 0 Å². The summed E-state index contributed by atoms with van der Waals surface area (Å²) >= 11 is 1.29. The lowest BCUT2D eigenvalue weighted by molar-refractivity contribution is -0.438. The number of carbonyl (C=O) groups is 4. The Hall–Kier alpha value is -1.81. The molecular formula is C11H18N3O6S-. The molecule has 0 fully saturated rings. The predicted molar refractivity (Wildman–Crippen MR) is 69.2 cm³/mol. The summed E-state index contributed by atoms with van der Waals surface area (Å²) in [6, 6.07) is -1.92. The summed E-state index contributed by atoms with van der Waals surface area (Å²) < 4.78 is 0. The molecule has 0 aromatic carbocycles. The summed E-state index contributed by atoms with van der Waals surface area (Å²) in [5, 5.41) is 25.2. The van der Waals surface area contributed by atoms with Crippen molar-refractivity contribution < 1.29 is 35.1 Å². The summed E-state index contributed by atoms with van der Waals surface area (Å²) in [6.07, 6.45) is 1.58. The first-order valence-corrected chi connectivity index (χ1v) is 7.47. The zero-order valence-electron chi connectivity index (χ0n) is 11.5. The molecule has 0 saturated carbocycles. The van der Waals surface area contributed by atoms with E-state index < -0.39 is 42.4 Å². The highest BCUT2D eigenvalue weighted by Crippen LogP contribution is 2.00. The normalized spacial score (nSPS) is 13.0. The molecule has 0 aliphatic heterocycles. The Morgan fingerprint density at radius 1 is 1.24 bits per heavy atom. The molecule has 9 nitrogen and oxygen atoms in total. The van der Waals surface area contributed by atoms with Gasteiger partial charge < -0.3 is 36.2 Å². The average molecular weight is 320 g/mol. The molecule has 10 heteroatoms. The number of amides is 2. The third-order valence-electron chi connectivity index (χ3n) is 2.45. The van der Waals surface area contributed by atoms with Crippen LogP contribution in [0.15, 0.2) is 0 Å². The summed E-state index contributed by atoms with van der Waals surface area (Å²) in [5.41, 5.74) is 3.31. The second kappa shape index (κ2) is 10.00.